The van der Waals surface area contributed by atoms with Crippen molar-refractivity contribution in [2.24, 2.45) is 4.99 Å². The number of aromatic nitrogens is 2. The molecule has 0 fully saturated rings. The van der Waals surface area contributed by atoms with Crippen molar-refractivity contribution >= 4 is 23.2 Å². The molecule has 0 unspecified atom stereocenters. The van der Waals surface area contributed by atoms with Crippen LogP contribution in [0.1, 0.15) is 42.6 Å². The fourth-order valence-corrected chi connectivity index (χ4v) is 5.08. The molecule has 8 heteroatoms. The van der Waals surface area contributed by atoms with Crippen molar-refractivity contribution < 1.29 is 9.84 Å². The van der Waals surface area contributed by atoms with Crippen LogP contribution in [0.3, 0.4) is 0 Å². The number of aliphatic imine (C=N–C) groups is 1. The Labute approximate surface area is 189 Å². The second-order valence-corrected chi connectivity index (χ2v) is 8.79. The molecule has 3 aromatic rings. The van der Waals surface area contributed by atoms with Crippen LogP contribution in [0.5, 0.6) is 11.6 Å². The van der Waals surface area contributed by atoms with Crippen LogP contribution in [-0.4, -0.2) is 27.5 Å². The summed E-state index contributed by atoms with van der Waals surface area (Å²) in [6, 6.07) is 15.4. The number of rotatable bonds is 6. The number of aromatic amines is 1. The number of unbranched alkanes of at least 4 members (excludes halogenated alkanes) is 1. The molecule has 0 spiro atoms. The Morgan fingerprint density at radius 3 is 2.72 bits per heavy atom. The van der Waals surface area contributed by atoms with Gasteiger partial charge in [0.05, 0.1) is 18.5 Å². The lowest BCUT2D eigenvalue weighted by atomic mass is 10.0. The van der Waals surface area contributed by atoms with Crippen LogP contribution < -0.4 is 16.0 Å². The summed E-state index contributed by atoms with van der Waals surface area (Å²) in [6.07, 6.45) is 1.93. The molecular weight excluding hydrogens is 426 g/mol. The predicted octanol–water partition coefficient (Wildman–Crippen LogP) is 4.41. The van der Waals surface area contributed by atoms with Crippen LogP contribution in [0.2, 0.25) is 0 Å². The molecule has 1 aromatic heterocycles. The fraction of sp³-hybridized carbons (Fsp3) is 0.292. The average Bonchev–Trinajstić information content (AvgIpc) is 2.98. The normalized spacial score (nSPS) is 15.6. The van der Waals surface area contributed by atoms with E-state index >= 15 is 0 Å². The van der Waals surface area contributed by atoms with Gasteiger partial charge in [-0.3, -0.25) is 19.3 Å². The van der Waals surface area contributed by atoms with Gasteiger partial charge in [0.25, 0.3) is 5.56 Å². The summed E-state index contributed by atoms with van der Waals surface area (Å²) in [5.41, 5.74) is 0.909. The van der Waals surface area contributed by atoms with Gasteiger partial charge < -0.3 is 9.84 Å². The van der Waals surface area contributed by atoms with E-state index in [0.717, 1.165) is 28.3 Å². The smallest absolute Gasteiger partial charge is 0.331 e. The van der Waals surface area contributed by atoms with Crippen LogP contribution >= 0.6 is 11.8 Å². The molecule has 32 heavy (non-hydrogen) atoms. The molecule has 2 heterocycles. The van der Waals surface area contributed by atoms with Crippen molar-refractivity contribution in [2.45, 2.75) is 42.9 Å². The highest BCUT2D eigenvalue weighted by Gasteiger charge is 2.28. The molecule has 2 N–H and O–H groups in total. The summed E-state index contributed by atoms with van der Waals surface area (Å²) in [5, 5.41) is 10.8. The molecule has 7 nitrogen and oxygen atoms in total. The minimum atomic E-state index is -0.637. The SMILES string of the molecule is CCCCn1c(O)c(C2=Nc3ccccc3S[C@@H](c3ccccc3OC)C2)c(=O)[nH]c1=O. The van der Waals surface area contributed by atoms with Crippen molar-refractivity contribution in [3.63, 3.8) is 0 Å². The third-order valence-electron chi connectivity index (χ3n) is 5.45. The first-order valence-electron chi connectivity index (χ1n) is 10.6. The highest BCUT2D eigenvalue weighted by Crippen LogP contribution is 2.47. The zero-order valence-corrected chi connectivity index (χ0v) is 18.8. The molecule has 1 aliphatic rings. The Balaban J connectivity index is 1.89. The summed E-state index contributed by atoms with van der Waals surface area (Å²) < 4.78 is 6.79. The zero-order valence-electron chi connectivity index (χ0n) is 18.0. The Morgan fingerprint density at radius 1 is 1.19 bits per heavy atom. The number of aromatic hydroxyl groups is 1. The highest BCUT2D eigenvalue weighted by atomic mass is 32.2. The Kier molecular flexibility index (Phi) is 6.50. The minimum Gasteiger partial charge on any atom is -0.496 e. The van der Waals surface area contributed by atoms with Gasteiger partial charge in [0.2, 0.25) is 5.88 Å². The first kappa shape index (κ1) is 22.0. The number of hydrogen-bond donors (Lipinski definition) is 2. The van der Waals surface area contributed by atoms with Gasteiger partial charge in [-0.25, -0.2) is 4.79 Å². The third kappa shape index (κ3) is 4.23. The lowest BCUT2D eigenvalue weighted by Crippen LogP contribution is -2.34. The Bertz CT molecular complexity index is 1280. The molecule has 166 valence electrons. The Morgan fingerprint density at radius 2 is 1.94 bits per heavy atom. The van der Waals surface area contributed by atoms with Crippen molar-refractivity contribution in [1.82, 2.24) is 9.55 Å². The Hall–Kier alpha value is -3.26. The highest BCUT2D eigenvalue weighted by molar-refractivity contribution is 7.99. The number of para-hydroxylation sites is 2. The second kappa shape index (κ2) is 9.48. The molecule has 0 radical (unpaired) electrons. The van der Waals surface area contributed by atoms with Crippen LogP contribution in [0.15, 0.2) is 68.0 Å². The molecule has 1 atom stereocenters. The number of benzene rings is 2. The van der Waals surface area contributed by atoms with E-state index in [9.17, 15) is 14.7 Å². The lowest BCUT2D eigenvalue weighted by Gasteiger charge is -2.19. The number of hydrogen-bond acceptors (Lipinski definition) is 6. The largest absolute Gasteiger partial charge is 0.496 e. The summed E-state index contributed by atoms with van der Waals surface area (Å²) in [4.78, 5) is 33.3. The van der Waals surface area contributed by atoms with Gasteiger partial charge >= 0.3 is 5.69 Å². The maximum absolute atomic E-state index is 12.8. The number of methoxy groups -OCH3 is 1. The van der Waals surface area contributed by atoms with Gasteiger partial charge in [-0.2, -0.15) is 0 Å². The maximum atomic E-state index is 12.8. The molecule has 0 saturated carbocycles. The summed E-state index contributed by atoms with van der Waals surface area (Å²) in [7, 11) is 1.63. The van der Waals surface area contributed by atoms with Crippen LogP contribution in [0.4, 0.5) is 5.69 Å². The monoisotopic (exact) mass is 451 g/mol. The van der Waals surface area contributed by atoms with Gasteiger partial charge in [-0.15, -0.1) is 11.8 Å². The number of nitrogens with zero attached hydrogens (tertiary/aromatic N) is 2. The van der Waals surface area contributed by atoms with E-state index < -0.39 is 11.2 Å². The molecular formula is C24H25N3O4S. The van der Waals surface area contributed by atoms with Gasteiger partial charge in [-0.05, 0) is 24.6 Å². The van der Waals surface area contributed by atoms with E-state index in [1.807, 2.05) is 55.5 Å². The maximum Gasteiger partial charge on any atom is 0.331 e. The molecule has 2 aromatic carbocycles. The standard InChI is InChI=1S/C24H25N3O4S/c1-3-4-13-27-23(29)21(22(28)26-24(27)30)17-14-20(15-9-5-7-11-18(15)31-2)32-19-12-8-6-10-16(19)25-17/h5-12,20,29H,3-4,13-14H2,1-2H3,(H,26,28,30)/t20-/m1/s1. The van der Waals surface area contributed by atoms with Crippen LogP contribution in [0, 0.1) is 0 Å². The van der Waals surface area contributed by atoms with E-state index in [0.29, 0.717) is 25.1 Å². The fourth-order valence-electron chi connectivity index (χ4n) is 3.82. The molecule has 4 rings (SSSR count). The lowest BCUT2D eigenvalue weighted by molar-refractivity contribution is 0.394. The van der Waals surface area contributed by atoms with Crippen LogP contribution in [0.25, 0.3) is 0 Å². The van der Waals surface area contributed by atoms with Crippen molar-refractivity contribution in [3.8, 4) is 11.6 Å². The predicted molar refractivity (Wildman–Crippen MR) is 127 cm³/mol. The summed E-state index contributed by atoms with van der Waals surface area (Å²) >= 11 is 1.63. The molecule has 0 aliphatic carbocycles. The van der Waals surface area contributed by atoms with Gasteiger partial charge in [-0.1, -0.05) is 43.7 Å². The van der Waals surface area contributed by atoms with E-state index in [2.05, 4.69) is 4.98 Å². The van der Waals surface area contributed by atoms with Crippen molar-refractivity contribution in [1.29, 1.82) is 0 Å². The quantitative estimate of drug-likeness (QED) is 0.579. The van der Waals surface area contributed by atoms with Gasteiger partial charge in [0, 0.05) is 28.7 Å². The zero-order chi connectivity index (χ0) is 22.7. The number of nitrogens with one attached hydrogen (secondary N) is 1. The number of ether oxygens (including phenoxy) is 1. The third-order valence-corrected chi connectivity index (χ3v) is 6.75. The van der Waals surface area contributed by atoms with E-state index in [1.165, 1.54) is 4.57 Å². The molecule has 0 amide bonds. The van der Waals surface area contributed by atoms with Crippen molar-refractivity contribution in [3.05, 3.63) is 80.5 Å². The molecule has 0 saturated heterocycles. The van der Waals surface area contributed by atoms with Gasteiger partial charge in [0.15, 0.2) is 0 Å². The first-order chi connectivity index (χ1) is 15.5. The van der Waals surface area contributed by atoms with Crippen LogP contribution in [-0.2, 0) is 6.54 Å². The van der Waals surface area contributed by atoms with Crippen molar-refractivity contribution in [2.75, 3.05) is 7.11 Å². The summed E-state index contributed by atoms with van der Waals surface area (Å²) in [5.74, 6) is 0.406. The number of H-pyrrole nitrogens is 1. The second-order valence-electron chi connectivity index (χ2n) is 7.54. The van der Waals surface area contributed by atoms with E-state index in [1.54, 1.807) is 18.9 Å². The topological polar surface area (TPSA) is 96.7 Å². The summed E-state index contributed by atoms with van der Waals surface area (Å²) in [6.45, 7) is 2.32. The molecule has 1 aliphatic heterocycles. The average molecular weight is 452 g/mol. The number of thioether (sulfide) groups is 1. The van der Waals surface area contributed by atoms with E-state index in [4.69, 9.17) is 9.73 Å². The van der Waals surface area contributed by atoms with Gasteiger partial charge in [0.1, 0.15) is 11.3 Å². The van der Waals surface area contributed by atoms with E-state index in [-0.39, 0.29) is 16.7 Å². The molecule has 0 bridgehead atoms. The minimum absolute atomic E-state index is 0.0397. The first-order valence-corrected chi connectivity index (χ1v) is 11.4. The number of fused-ring (bicyclic) bond motifs is 1.